The fourth-order valence-corrected chi connectivity index (χ4v) is 1.84. The highest BCUT2D eigenvalue weighted by atomic mass is 19.1. The van der Waals surface area contributed by atoms with Gasteiger partial charge in [-0.05, 0) is 6.07 Å². The smallest absolute Gasteiger partial charge is 0.339 e. The van der Waals surface area contributed by atoms with E-state index in [1.807, 2.05) is 0 Å². The molecular weight excluding hydrogens is 227 g/mol. The molecule has 0 aliphatic carbocycles. The molecule has 90 valence electrons. The Morgan fingerprint density at radius 3 is 2.76 bits per heavy atom. The number of carboxylic acid groups (broad SMARTS) is 1. The number of carboxylic acids is 1. The maximum atomic E-state index is 13.6. The maximum Gasteiger partial charge on any atom is 0.339 e. The van der Waals surface area contributed by atoms with E-state index in [0.29, 0.717) is 0 Å². The third-order valence-electron chi connectivity index (χ3n) is 2.58. The van der Waals surface area contributed by atoms with Gasteiger partial charge in [-0.25, -0.2) is 9.18 Å². The number of hydroxylamine groups is 2. The predicted molar refractivity (Wildman–Crippen MR) is 56.8 cm³/mol. The molecule has 6 heteroatoms. The van der Waals surface area contributed by atoms with Gasteiger partial charge in [-0.3, -0.25) is 0 Å². The van der Waals surface area contributed by atoms with Crippen LogP contribution in [0.3, 0.4) is 0 Å². The van der Waals surface area contributed by atoms with Crippen LogP contribution < -0.4 is 5.73 Å². The molecule has 1 aliphatic heterocycles. The number of hydrogen-bond donors (Lipinski definition) is 2. The first-order chi connectivity index (χ1) is 8.02. The van der Waals surface area contributed by atoms with Gasteiger partial charge in [0.15, 0.2) is 0 Å². The number of nitrogens with zero attached hydrogens (tertiary/aromatic N) is 1. The maximum absolute atomic E-state index is 13.6. The van der Waals surface area contributed by atoms with Gasteiger partial charge in [-0.1, -0.05) is 18.2 Å². The summed E-state index contributed by atoms with van der Waals surface area (Å²) in [6.07, 6.45) is 0. The number of benzene rings is 1. The first-order valence-electron chi connectivity index (χ1n) is 4.90. The molecule has 1 aromatic carbocycles. The van der Waals surface area contributed by atoms with Crippen LogP contribution in [0.1, 0.15) is 11.6 Å². The van der Waals surface area contributed by atoms with E-state index in [9.17, 15) is 9.18 Å². The molecule has 0 amide bonds. The standard InChI is InChI=1S/C11H11FN2O3/c1-14-9(6-4-2-3-5-7(6)12)8(11(15)16)10(13)17-14/h2-5,9H,13H2,1H3,(H,15,16). The van der Waals surface area contributed by atoms with Crippen molar-refractivity contribution in [2.24, 2.45) is 5.73 Å². The van der Waals surface area contributed by atoms with Crippen molar-refractivity contribution in [3.05, 3.63) is 47.1 Å². The van der Waals surface area contributed by atoms with E-state index >= 15 is 0 Å². The van der Waals surface area contributed by atoms with E-state index < -0.39 is 17.8 Å². The Labute approximate surface area is 96.8 Å². The molecule has 0 spiro atoms. The molecule has 1 aromatic rings. The molecule has 0 fully saturated rings. The van der Waals surface area contributed by atoms with Gasteiger partial charge in [0.25, 0.3) is 0 Å². The molecule has 0 saturated heterocycles. The quantitative estimate of drug-likeness (QED) is 0.803. The number of carbonyl (C=O) groups is 1. The monoisotopic (exact) mass is 238 g/mol. The molecule has 1 atom stereocenters. The minimum absolute atomic E-state index is 0.155. The third kappa shape index (κ3) is 1.83. The topological polar surface area (TPSA) is 75.8 Å². The highest BCUT2D eigenvalue weighted by molar-refractivity contribution is 5.89. The Morgan fingerprint density at radius 1 is 1.53 bits per heavy atom. The number of rotatable bonds is 2. The van der Waals surface area contributed by atoms with E-state index in [2.05, 4.69) is 0 Å². The van der Waals surface area contributed by atoms with Crippen LogP contribution in [0.4, 0.5) is 4.39 Å². The normalized spacial score (nSPS) is 20.5. The van der Waals surface area contributed by atoms with Gasteiger partial charge in [0.05, 0.1) is 0 Å². The van der Waals surface area contributed by atoms with Crippen LogP contribution in [-0.4, -0.2) is 23.2 Å². The van der Waals surface area contributed by atoms with E-state index in [1.165, 1.54) is 30.3 Å². The fourth-order valence-electron chi connectivity index (χ4n) is 1.84. The lowest BCUT2D eigenvalue weighted by molar-refractivity contribution is -0.134. The van der Waals surface area contributed by atoms with E-state index in [1.54, 1.807) is 6.07 Å². The lowest BCUT2D eigenvalue weighted by atomic mass is 9.99. The summed E-state index contributed by atoms with van der Waals surface area (Å²) in [4.78, 5) is 16.1. The lowest BCUT2D eigenvalue weighted by Gasteiger charge is -2.19. The first-order valence-corrected chi connectivity index (χ1v) is 4.90. The molecule has 0 bridgehead atoms. The van der Waals surface area contributed by atoms with Crippen LogP contribution in [0.15, 0.2) is 35.7 Å². The summed E-state index contributed by atoms with van der Waals surface area (Å²) in [7, 11) is 1.50. The van der Waals surface area contributed by atoms with Gasteiger partial charge in [0, 0.05) is 12.6 Å². The molecular formula is C11H11FN2O3. The average Bonchev–Trinajstić information content (AvgIpc) is 2.54. The lowest BCUT2D eigenvalue weighted by Crippen LogP contribution is -2.22. The first kappa shape index (κ1) is 11.4. The number of aliphatic carboxylic acids is 1. The van der Waals surface area contributed by atoms with Crippen LogP contribution >= 0.6 is 0 Å². The average molecular weight is 238 g/mol. The minimum atomic E-state index is -1.22. The number of likely N-dealkylation sites (N-methyl/N-ethyl adjacent to an activating group) is 1. The van der Waals surface area contributed by atoms with Crippen molar-refractivity contribution >= 4 is 5.97 Å². The molecule has 5 nitrogen and oxygen atoms in total. The molecule has 1 aliphatic rings. The Balaban J connectivity index is 2.51. The molecule has 0 radical (unpaired) electrons. The van der Waals surface area contributed by atoms with Crippen LogP contribution in [0.2, 0.25) is 0 Å². The van der Waals surface area contributed by atoms with Crippen LogP contribution in [0, 0.1) is 5.82 Å². The fraction of sp³-hybridized carbons (Fsp3) is 0.182. The van der Waals surface area contributed by atoms with Gasteiger partial charge < -0.3 is 15.7 Å². The van der Waals surface area contributed by atoms with Crippen molar-refractivity contribution < 1.29 is 19.1 Å². The van der Waals surface area contributed by atoms with E-state index in [-0.39, 0.29) is 17.0 Å². The van der Waals surface area contributed by atoms with Crippen molar-refractivity contribution in [1.82, 2.24) is 5.06 Å². The zero-order valence-corrected chi connectivity index (χ0v) is 9.05. The molecule has 3 N–H and O–H groups in total. The van der Waals surface area contributed by atoms with Gasteiger partial charge in [-0.2, -0.15) is 0 Å². The van der Waals surface area contributed by atoms with Crippen molar-refractivity contribution in [2.45, 2.75) is 6.04 Å². The number of hydrogen-bond acceptors (Lipinski definition) is 4. The second-order valence-electron chi connectivity index (χ2n) is 3.64. The molecule has 1 unspecified atom stereocenters. The molecule has 1 heterocycles. The third-order valence-corrected chi connectivity index (χ3v) is 2.58. The summed E-state index contributed by atoms with van der Waals surface area (Å²) in [5.41, 5.74) is 5.52. The van der Waals surface area contributed by atoms with Crippen LogP contribution in [0.25, 0.3) is 0 Å². The second-order valence-corrected chi connectivity index (χ2v) is 3.64. The molecule has 17 heavy (non-hydrogen) atoms. The number of halogens is 1. The predicted octanol–water partition coefficient (Wildman–Crippen LogP) is 0.999. The molecule has 0 saturated carbocycles. The van der Waals surface area contributed by atoms with Gasteiger partial charge in [-0.15, -0.1) is 5.06 Å². The van der Waals surface area contributed by atoms with E-state index in [0.717, 1.165) is 0 Å². The van der Waals surface area contributed by atoms with E-state index in [4.69, 9.17) is 15.7 Å². The van der Waals surface area contributed by atoms with Crippen LogP contribution in [0.5, 0.6) is 0 Å². The zero-order valence-electron chi connectivity index (χ0n) is 9.05. The van der Waals surface area contributed by atoms with Crippen molar-refractivity contribution in [2.75, 3.05) is 7.05 Å². The largest absolute Gasteiger partial charge is 0.478 e. The van der Waals surface area contributed by atoms with Gasteiger partial charge in [0.1, 0.15) is 17.4 Å². The van der Waals surface area contributed by atoms with Crippen molar-refractivity contribution in [3.8, 4) is 0 Å². The summed E-state index contributed by atoms with van der Waals surface area (Å²) >= 11 is 0. The highest BCUT2D eigenvalue weighted by Gasteiger charge is 2.38. The van der Waals surface area contributed by atoms with Gasteiger partial charge in [0.2, 0.25) is 5.88 Å². The minimum Gasteiger partial charge on any atom is -0.478 e. The van der Waals surface area contributed by atoms with Crippen LogP contribution in [-0.2, 0) is 9.63 Å². The molecule has 0 aromatic heterocycles. The van der Waals surface area contributed by atoms with Crippen molar-refractivity contribution in [1.29, 1.82) is 0 Å². The summed E-state index contributed by atoms with van der Waals surface area (Å²) in [5, 5.41) is 10.3. The Hall–Kier alpha value is -2.08. The van der Waals surface area contributed by atoms with Gasteiger partial charge >= 0.3 is 5.97 Å². The van der Waals surface area contributed by atoms with Crippen molar-refractivity contribution in [3.63, 3.8) is 0 Å². The Kier molecular flexibility index (Phi) is 2.72. The summed E-state index contributed by atoms with van der Waals surface area (Å²) in [5.74, 6) is -1.94. The number of nitrogens with two attached hydrogens (primary N) is 1. The second kappa shape index (κ2) is 4.06. The summed E-state index contributed by atoms with van der Waals surface area (Å²) in [6.45, 7) is 0. The summed E-state index contributed by atoms with van der Waals surface area (Å²) < 4.78 is 13.6. The Bertz CT molecular complexity index is 501. The summed E-state index contributed by atoms with van der Waals surface area (Å²) in [6, 6.07) is 5.08. The molecule has 2 rings (SSSR count). The SMILES string of the molecule is CN1OC(N)=C(C(=O)O)C1c1ccccc1F. The Morgan fingerprint density at radius 2 is 2.18 bits per heavy atom. The highest BCUT2D eigenvalue weighted by Crippen LogP contribution is 2.36. The zero-order chi connectivity index (χ0) is 12.6.